The Hall–Kier alpha value is -2.84. The predicted octanol–water partition coefficient (Wildman–Crippen LogP) is 5.11. The predicted molar refractivity (Wildman–Crippen MR) is 143 cm³/mol. The van der Waals surface area contributed by atoms with Gasteiger partial charge in [-0.05, 0) is 31.2 Å². The number of nitriles is 1. The van der Waals surface area contributed by atoms with Crippen molar-refractivity contribution >= 4 is 48.0 Å². The van der Waals surface area contributed by atoms with Gasteiger partial charge in [0.1, 0.15) is 25.3 Å². The molecule has 3 aromatic rings. The molecule has 1 aromatic heterocycles. The van der Waals surface area contributed by atoms with Crippen molar-refractivity contribution in [3.8, 4) is 17.9 Å². The maximum absolute atomic E-state index is 13.9. The molecule has 1 N–H and O–H groups in total. The fourth-order valence-corrected chi connectivity index (χ4v) is 4.62. The number of aromatic amines is 1. The van der Waals surface area contributed by atoms with Crippen LogP contribution in [0.25, 0.3) is 0 Å². The van der Waals surface area contributed by atoms with Crippen molar-refractivity contribution in [1.82, 2.24) is 19.4 Å². The van der Waals surface area contributed by atoms with Gasteiger partial charge in [0.15, 0.2) is 0 Å². The lowest BCUT2D eigenvalue weighted by atomic mass is 10.0. The third kappa shape index (κ3) is 6.44. The number of carbonyl (C=O) groups is 1. The van der Waals surface area contributed by atoms with E-state index in [1.807, 2.05) is 43.3 Å². The van der Waals surface area contributed by atoms with Crippen molar-refractivity contribution in [2.45, 2.75) is 32.5 Å². The van der Waals surface area contributed by atoms with E-state index in [9.17, 15) is 4.79 Å². The molecule has 2 aromatic carbocycles. The highest BCUT2D eigenvalue weighted by atomic mass is 35.5. The summed E-state index contributed by atoms with van der Waals surface area (Å²) in [5.74, 6) is 6.32. The first-order chi connectivity index (χ1) is 16.0. The molecule has 0 bridgehead atoms. The van der Waals surface area contributed by atoms with Crippen molar-refractivity contribution in [3.05, 3.63) is 82.9 Å². The summed E-state index contributed by atoms with van der Waals surface area (Å²) < 4.78 is 0.155. The van der Waals surface area contributed by atoms with Crippen molar-refractivity contribution < 1.29 is 4.79 Å². The molecule has 6 nitrogen and oxygen atoms in total. The minimum atomic E-state index is 0. The van der Waals surface area contributed by atoms with Crippen LogP contribution in [-0.4, -0.2) is 39.9 Å². The molecular formula is C26H27Cl3N5O+. The maximum Gasteiger partial charge on any atom is 0.333 e. The molecule has 9 heteroatoms. The zero-order chi connectivity index (χ0) is 23.3. The molecule has 2 atom stereocenters. The summed E-state index contributed by atoms with van der Waals surface area (Å²) in [5, 5.41) is 9.75. The molecule has 2 unspecified atom stereocenters. The van der Waals surface area contributed by atoms with Crippen LogP contribution in [0.3, 0.4) is 0 Å². The molecule has 1 fully saturated rings. The Morgan fingerprint density at radius 1 is 1.23 bits per heavy atom. The lowest BCUT2D eigenvalue weighted by Crippen LogP contribution is -2.67. The number of amides is 1. The third-order valence-electron chi connectivity index (χ3n) is 6.14. The van der Waals surface area contributed by atoms with E-state index in [-0.39, 0.29) is 47.8 Å². The molecule has 4 rings (SSSR count). The van der Waals surface area contributed by atoms with Crippen LogP contribution in [-0.2, 0) is 17.9 Å². The van der Waals surface area contributed by atoms with Gasteiger partial charge in [-0.25, -0.2) is 14.3 Å². The molecule has 0 saturated carbocycles. The van der Waals surface area contributed by atoms with E-state index in [0.29, 0.717) is 36.6 Å². The highest BCUT2D eigenvalue weighted by Crippen LogP contribution is 2.34. The number of carbonyl (C=O) groups excluding carboxylic acids is 1. The molecule has 182 valence electrons. The number of aromatic nitrogens is 2. The van der Waals surface area contributed by atoms with Crippen LogP contribution in [0.2, 0.25) is 5.02 Å². The van der Waals surface area contributed by atoms with Crippen LogP contribution in [0.1, 0.15) is 30.2 Å². The number of benzene rings is 2. The summed E-state index contributed by atoms with van der Waals surface area (Å²) in [4.78, 5) is 23.3. The lowest BCUT2D eigenvalue weighted by Gasteiger charge is -2.46. The van der Waals surface area contributed by atoms with Gasteiger partial charge in [0, 0.05) is 41.5 Å². The van der Waals surface area contributed by atoms with E-state index >= 15 is 0 Å². The van der Waals surface area contributed by atoms with Crippen LogP contribution in [0.15, 0.2) is 61.1 Å². The number of hydrogen-bond acceptors (Lipinski definition) is 4. The Morgan fingerprint density at radius 3 is 2.63 bits per heavy atom. The van der Waals surface area contributed by atoms with E-state index in [4.69, 9.17) is 16.9 Å². The van der Waals surface area contributed by atoms with Crippen LogP contribution < -0.4 is 4.48 Å². The standard InChI is InChI=1S/C26H25ClN5O.2ClH/c1-2-3-6-24-18-32(25-7-4-5-22(27)12-25,17-21-10-8-20(13-28)9-11-21)26(33)16-31(24)15-23-14-29-19-30-23;;/h4-5,7-12,14,19,24H,6,15-18H2,1H3,(H,29,30);2*1H/q+1;;. The third-order valence-corrected chi connectivity index (χ3v) is 6.37. The van der Waals surface area contributed by atoms with E-state index < -0.39 is 0 Å². The molecule has 1 amide bonds. The highest BCUT2D eigenvalue weighted by Gasteiger charge is 2.48. The van der Waals surface area contributed by atoms with E-state index in [0.717, 1.165) is 16.9 Å². The topological polar surface area (TPSA) is 72.8 Å². The fraction of sp³-hybridized carbons (Fsp3) is 0.269. The number of hydrogen-bond donors (Lipinski definition) is 1. The average molecular weight is 532 g/mol. The first-order valence-electron chi connectivity index (χ1n) is 10.8. The first-order valence-corrected chi connectivity index (χ1v) is 11.2. The number of rotatable bonds is 6. The van der Waals surface area contributed by atoms with Crippen LogP contribution in [0, 0.1) is 23.2 Å². The fourth-order valence-electron chi connectivity index (χ4n) is 4.44. The Kier molecular flexibility index (Phi) is 10.3. The Labute approximate surface area is 223 Å². The molecular weight excluding hydrogens is 505 g/mol. The van der Waals surface area contributed by atoms with Crippen LogP contribution in [0.4, 0.5) is 5.69 Å². The monoisotopic (exact) mass is 530 g/mol. The lowest BCUT2D eigenvalue weighted by molar-refractivity contribution is -0.138. The van der Waals surface area contributed by atoms with Gasteiger partial charge in [0.05, 0.1) is 24.0 Å². The Morgan fingerprint density at radius 2 is 2.00 bits per heavy atom. The highest BCUT2D eigenvalue weighted by molar-refractivity contribution is 6.30. The molecule has 0 spiro atoms. The second-order valence-corrected chi connectivity index (χ2v) is 8.69. The number of H-pyrrole nitrogens is 1. The summed E-state index contributed by atoms with van der Waals surface area (Å²) in [7, 11) is 0. The molecule has 0 aliphatic carbocycles. The van der Waals surface area contributed by atoms with E-state index in [1.54, 1.807) is 24.7 Å². The molecule has 1 saturated heterocycles. The SMILES string of the molecule is CC#CCC1C[N+](Cc2ccc(C#N)cc2)(c2cccc(Cl)c2)C(=O)CN1Cc1cnc[nH]1.Cl.Cl. The van der Waals surface area contributed by atoms with Gasteiger partial charge in [0.2, 0.25) is 0 Å². The first kappa shape index (κ1) is 28.4. The Balaban J connectivity index is 0.00000216. The van der Waals surface area contributed by atoms with Crippen molar-refractivity contribution in [2.75, 3.05) is 13.1 Å². The summed E-state index contributed by atoms with van der Waals surface area (Å²) in [6, 6.07) is 17.2. The number of imidazole rings is 1. The zero-order valence-corrected chi connectivity index (χ0v) is 21.7. The summed E-state index contributed by atoms with van der Waals surface area (Å²) in [5.41, 5.74) is 3.42. The Bertz CT molecular complexity index is 1230. The molecule has 0 radical (unpaired) electrons. The largest absolute Gasteiger partial charge is 0.347 e. The second kappa shape index (κ2) is 12.7. The molecule has 35 heavy (non-hydrogen) atoms. The minimum Gasteiger partial charge on any atom is -0.347 e. The van der Waals surface area contributed by atoms with E-state index in [1.165, 1.54) is 0 Å². The molecule has 2 heterocycles. The number of quaternary nitrogens is 1. The van der Waals surface area contributed by atoms with Gasteiger partial charge in [-0.15, -0.1) is 36.7 Å². The van der Waals surface area contributed by atoms with Gasteiger partial charge >= 0.3 is 5.91 Å². The van der Waals surface area contributed by atoms with Gasteiger partial charge in [-0.2, -0.15) is 5.26 Å². The number of nitrogens with zero attached hydrogens (tertiary/aromatic N) is 4. The smallest absolute Gasteiger partial charge is 0.333 e. The van der Waals surface area contributed by atoms with Gasteiger partial charge in [-0.3, -0.25) is 4.90 Å². The normalized spacial score (nSPS) is 19.5. The van der Waals surface area contributed by atoms with Crippen molar-refractivity contribution in [1.29, 1.82) is 5.26 Å². The molecule has 1 aliphatic rings. The molecule has 1 aliphatic heterocycles. The zero-order valence-electron chi connectivity index (χ0n) is 19.3. The summed E-state index contributed by atoms with van der Waals surface area (Å²) in [6.07, 6.45) is 4.10. The maximum atomic E-state index is 13.9. The quantitative estimate of drug-likeness (QED) is 0.354. The van der Waals surface area contributed by atoms with E-state index in [2.05, 4.69) is 32.8 Å². The number of piperazine rings is 1. The van der Waals surface area contributed by atoms with Gasteiger partial charge in [-0.1, -0.05) is 29.8 Å². The number of nitrogens with one attached hydrogen (secondary N) is 1. The van der Waals surface area contributed by atoms with Gasteiger partial charge < -0.3 is 4.98 Å². The van der Waals surface area contributed by atoms with Gasteiger partial charge in [0.25, 0.3) is 0 Å². The number of halogens is 3. The van der Waals surface area contributed by atoms with Crippen molar-refractivity contribution in [3.63, 3.8) is 0 Å². The minimum absolute atomic E-state index is 0. The summed E-state index contributed by atoms with van der Waals surface area (Å²) >= 11 is 6.36. The average Bonchev–Trinajstić information content (AvgIpc) is 3.33. The van der Waals surface area contributed by atoms with Crippen LogP contribution >= 0.6 is 36.4 Å². The van der Waals surface area contributed by atoms with Crippen LogP contribution in [0.5, 0.6) is 0 Å². The second-order valence-electron chi connectivity index (χ2n) is 8.26. The van der Waals surface area contributed by atoms with Crippen molar-refractivity contribution in [2.24, 2.45) is 0 Å². The summed E-state index contributed by atoms with van der Waals surface area (Å²) in [6.45, 7) is 3.79.